The van der Waals surface area contributed by atoms with Crippen LogP contribution in [-0.2, 0) is 9.59 Å². The zero-order valence-corrected chi connectivity index (χ0v) is 34.5. The summed E-state index contributed by atoms with van der Waals surface area (Å²) in [6, 6.07) is 0. The lowest BCUT2D eigenvalue weighted by atomic mass is 10.3. The van der Waals surface area contributed by atoms with Crippen molar-refractivity contribution in [2.45, 2.75) is 53.9 Å². The molecule has 2 N–H and O–H groups in total. The number of hydrogen-bond acceptors (Lipinski definition) is 13. The van der Waals surface area contributed by atoms with Crippen LogP contribution >= 0.6 is 86.4 Å². The van der Waals surface area contributed by atoms with Crippen LogP contribution in [0.25, 0.3) is 0 Å². The first-order chi connectivity index (χ1) is 21.5. The standard InChI is InChI=1S/C29H61N5O2S8/c1-6-15-32(16-11-28(35)30-13-18-33(20-24-41-37-7-2)21-25-42-38-8-3)17-12-29(36)31-14-19-34(22-26-43-39-9-4)23-27-44-40-10-5/h6-27H2,1-5H3,(H,30,35)(H,31,36). The van der Waals surface area contributed by atoms with Crippen molar-refractivity contribution < 1.29 is 9.59 Å². The van der Waals surface area contributed by atoms with Gasteiger partial charge in [-0.2, -0.15) is 0 Å². The Morgan fingerprint density at radius 2 is 0.750 bits per heavy atom. The molecule has 7 nitrogen and oxygen atoms in total. The number of nitrogens with zero attached hydrogens (tertiary/aromatic N) is 3. The predicted molar refractivity (Wildman–Crippen MR) is 217 cm³/mol. The van der Waals surface area contributed by atoms with Crippen LogP contribution in [0.4, 0.5) is 0 Å². The Morgan fingerprint density at radius 1 is 0.432 bits per heavy atom. The topological polar surface area (TPSA) is 67.9 Å². The van der Waals surface area contributed by atoms with Crippen LogP contribution in [0.3, 0.4) is 0 Å². The van der Waals surface area contributed by atoms with Gasteiger partial charge in [-0.25, -0.2) is 0 Å². The zero-order chi connectivity index (χ0) is 32.5. The van der Waals surface area contributed by atoms with Crippen molar-refractivity contribution in [1.82, 2.24) is 25.3 Å². The zero-order valence-electron chi connectivity index (χ0n) is 28.0. The molecule has 0 spiro atoms. The van der Waals surface area contributed by atoms with E-state index in [1.807, 2.05) is 86.4 Å². The molecule has 0 aliphatic heterocycles. The summed E-state index contributed by atoms with van der Waals surface area (Å²) >= 11 is 0. The molecule has 0 rings (SSSR count). The second kappa shape index (κ2) is 35.9. The maximum atomic E-state index is 12.6. The van der Waals surface area contributed by atoms with Crippen molar-refractivity contribution in [3.8, 4) is 0 Å². The van der Waals surface area contributed by atoms with Gasteiger partial charge < -0.3 is 15.5 Å². The van der Waals surface area contributed by atoms with Crippen LogP contribution in [0.5, 0.6) is 0 Å². The van der Waals surface area contributed by atoms with E-state index >= 15 is 0 Å². The summed E-state index contributed by atoms with van der Waals surface area (Å²) < 4.78 is 0. The van der Waals surface area contributed by atoms with E-state index in [2.05, 4.69) is 60.0 Å². The fourth-order valence-electron chi connectivity index (χ4n) is 3.96. The Bertz CT molecular complexity index is 587. The van der Waals surface area contributed by atoms with E-state index in [9.17, 15) is 9.59 Å². The summed E-state index contributed by atoms with van der Waals surface area (Å²) in [5.41, 5.74) is 0. The highest BCUT2D eigenvalue weighted by Crippen LogP contribution is 2.23. The Morgan fingerprint density at radius 3 is 1.05 bits per heavy atom. The van der Waals surface area contributed by atoms with Crippen LogP contribution in [0.15, 0.2) is 0 Å². The molecule has 2 amide bonds. The largest absolute Gasteiger partial charge is 0.355 e. The van der Waals surface area contributed by atoms with Crippen molar-refractivity contribution in [3.05, 3.63) is 0 Å². The van der Waals surface area contributed by atoms with Gasteiger partial charge in [0, 0.05) is 124 Å². The maximum Gasteiger partial charge on any atom is 0.221 e. The predicted octanol–water partition coefficient (Wildman–Crippen LogP) is 6.92. The molecule has 0 aliphatic carbocycles. The second-order valence-electron chi connectivity index (χ2n) is 9.64. The third kappa shape index (κ3) is 30.9. The Hall–Kier alpha value is 1.62. The van der Waals surface area contributed by atoms with Crippen molar-refractivity contribution in [3.63, 3.8) is 0 Å². The minimum atomic E-state index is 0.105. The molecule has 0 aliphatic rings. The number of carbonyl (C=O) groups excluding carboxylic acids is 2. The lowest BCUT2D eigenvalue weighted by Gasteiger charge is -2.23. The van der Waals surface area contributed by atoms with Gasteiger partial charge in [-0.15, -0.1) is 0 Å². The van der Waals surface area contributed by atoms with Gasteiger partial charge in [0.2, 0.25) is 11.8 Å². The molecule has 0 saturated carbocycles. The van der Waals surface area contributed by atoms with Gasteiger partial charge in [-0.05, 0) is 13.0 Å². The summed E-state index contributed by atoms with van der Waals surface area (Å²) in [6.07, 6.45) is 1.97. The molecular formula is C29H61N5O2S8. The normalized spacial score (nSPS) is 11.6. The average molecular weight is 768 g/mol. The average Bonchev–Trinajstić information content (AvgIpc) is 3.02. The monoisotopic (exact) mass is 767 g/mol. The molecule has 0 bridgehead atoms. The molecule has 0 aromatic carbocycles. The van der Waals surface area contributed by atoms with Crippen molar-refractivity contribution in [2.75, 3.05) is 118 Å². The van der Waals surface area contributed by atoms with Gasteiger partial charge in [-0.1, -0.05) is 121 Å². The fourth-order valence-corrected chi connectivity index (χ4v) is 10.7. The Balaban J connectivity index is 4.40. The highest BCUT2D eigenvalue weighted by Gasteiger charge is 2.12. The first-order valence-electron chi connectivity index (χ1n) is 16.2. The van der Waals surface area contributed by atoms with E-state index in [0.29, 0.717) is 39.0 Å². The second-order valence-corrected chi connectivity index (χ2v) is 21.1. The molecular weight excluding hydrogens is 707 g/mol. The van der Waals surface area contributed by atoms with Crippen molar-refractivity contribution in [2.24, 2.45) is 0 Å². The third-order valence-electron chi connectivity index (χ3n) is 6.12. The van der Waals surface area contributed by atoms with Gasteiger partial charge in [-0.3, -0.25) is 19.4 Å². The Labute approximate surface area is 302 Å². The molecule has 262 valence electrons. The van der Waals surface area contributed by atoms with Gasteiger partial charge in [0.15, 0.2) is 0 Å². The fraction of sp³-hybridized carbons (Fsp3) is 0.931. The van der Waals surface area contributed by atoms with Crippen LogP contribution in [0, 0.1) is 0 Å². The van der Waals surface area contributed by atoms with Crippen LogP contribution < -0.4 is 10.6 Å². The smallest absolute Gasteiger partial charge is 0.221 e. The lowest BCUT2D eigenvalue weighted by molar-refractivity contribution is -0.121. The Kier molecular flexibility index (Phi) is 37.2. The van der Waals surface area contributed by atoms with Gasteiger partial charge in [0.1, 0.15) is 0 Å². The van der Waals surface area contributed by atoms with Crippen LogP contribution in [-0.4, -0.2) is 145 Å². The molecule has 0 unspecified atom stereocenters. The minimum absolute atomic E-state index is 0.105. The van der Waals surface area contributed by atoms with E-state index < -0.39 is 0 Å². The molecule has 0 atom stereocenters. The molecule has 0 heterocycles. The number of nitrogens with one attached hydrogen (secondary N) is 2. The molecule has 0 aromatic rings. The maximum absolute atomic E-state index is 12.6. The number of carbonyl (C=O) groups is 2. The summed E-state index contributed by atoms with van der Waals surface area (Å²) in [4.78, 5) is 32.5. The molecule has 0 fully saturated rings. The van der Waals surface area contributed by atoms with Crippen molar-refractivity contribution in [1.29, 1.82) is 0 Å². The lowest BCUT2D eigenvalue weighted by Crippen LogP contribution is -2.39. The first-order valence-corrected chi connectivity index (χ1v) is 26.1. The van der Waals surface area contributed by atoms with E-state index in [1.165, 1.54) is 0 Å². The summed E-state index contributed by atoms with van der Waals surface area (Å²) in [5.74, 6) is 9.22. The van der Waals surface area contributed by atoms with Crippen LogP contribution in [0.2, 0.25) is 0 Å². The van der Waals surface area contributed by atoms with Gasteiger partial charge >= 0.3 is 0 Å². The highest BCUT2D eigenvalue weighted by atomic mass is 33.1. The van der Waals surface area contributed by atoms with E-state index in [-0.39, 0.29) is 11.8 Å². The molecule has 0 radical (unpaired) electrons. The quantitative estimate of drug-likeness (QED) is 0.0527. The summed E-state index contributed by atoms with van der Waals surface area (Å²) in [5, 5.41) is 6.28. The SMILES string of the molecule is CCCN(CCC(=O)NCCN(CCSSCC)CCSSCC)CCC(=O)NCCN(CCSSCC)CCSSCC. The molecule has 15 heteroatoms. The van der Waals surface area contributed by atoms with Crippen LogP contribution in [0.1, 0.15) is 53.9 Å². The number of amides is 2. The minimum Gasteiger partial charge on any atom is -0.355 e. The van der Waals surface area contributed by atoms with E-state index in [0.717, 1.165) is 98.3 Å². The van der Waals surface area contributed by atoms with E-state index in [1.54, 1.807) is 0 Å². The highest BCUT2D eigenvalue weighted by molar-refractivity contribution is 8.77. The number of rotatable bonds is 34. The summed E-state index contributed by atoms with van der Waals surface area (Å²) in [6.45, 7) is 20.6. The number of hydrogen-bond donors (Lipinski definition) is 2. The summed E-state index contributed by atoms with van der Waals surface area (Å²) in [7, 11) is 15.4. The van der Waals surface area contributed by atoms with E-state index in [4.69, 9.17) is 0 Å². The third-order valence-corrected chi connectivity index (χ3v) is 16.0. The molecule has 0 aromatic heterocycles. The van der Waals surface area contributed by atoms with Gasteiger partial charge in [0.05, 0.1) is 0 Å². The van der Waals surface area contributed by atoms with Gasteiger partial charge in [0.25, 0.3) is 0 Å². The van der Waals surface area contributed by atoms with Crippen molar-refractivity contribution >= 4 is 98.2 Å². The molecule has 0 saturated heterocycles. The first kappa shape index (κ1) is 45.6. The molecule has 44 heavy (non-hydrogen) atoms.